The van der Waals surface area contributed by atoms with E-state index >= 15 is 0 Å². The van der Waals surface area contributed by atoms with Crippen molar-refractivity contribution in [2.24, 2.45) is 0 Å². The highest BCUT2D eigenvalue weighted by Crippen LogP contribution is 2.17. The second-order valence-electron chi connectivity index (χ2n) is 2.96. The normalized spacial score (nSPS) is 10.5. The Morgan fingerprint density at radius 1 is 1.21 bits per heavy atom. The molecule has 2 aromatic heterocycles. The average molecular weight is 209 g/mol. The molecule has 14 heavy (non-hydrogen) atoms. The van der Waals surface area contributed by atoms with Crippen LogP contribution >= 0.6 is 11.6 Å². The molecule has 0 aliphatic rings. The van der Waals surface area contributed by atoms with Crippen LogP contribution in [0.3, 0.4) is 0 Å². The average Bonchev–Trinajstić information content (AvgIpc) is 2.57. The third-order valence-electron chi connectivity index (χ3n) is 2.05. The van der Waals surface area contributed by atoms with Crippen molar-refractivity contribution in [2.75, 3.05) is 0 Å². The minimum Gasteiger partial charge on any atom is -0.288 e. The Balaban J connectivity index is 2.63. The van der Waals surface area contributed by atoms with E-state index in [-0.39, 0.29) is 0 Å². The molecule has 0 amide bonds. The minimum atomic E-state index is 0.475. The van der Waals surface area contributed by atoms with Gasteiger partial charge in [0.25, 0.3) is 0 Å². The van der Waals surface area contributed by atoms with Crippen molar-refractivity contribution in [1.82, 2.24) is 19.5 Å². The van der Waals surface area contributed by atoms with Gasteiger partial charge in [0, 0.05) is 18.0 Å². The predicted molar refractivity (Wildman–Crippen MR) is 53.6 cm³/mol. The maximum atomic E-state index is 5.90. The lowest BCUT2D eigenvalue weighted by Gasteiger charge is -2.07. The number of halogens is 1. The highest BCUT2D eigenvalue weighted by Gasteiger charge is 2.08. The fourth-order valence-corrected chi connectivity index (χ4v) is 1.39. The van der Waals surface area contributed by atoms with Gasteiger partial charge in [-0.25, -0.2) is 15.0 Å². The molecule has 0 bridgehead atoms. The summed E-state index contributed by atoms with van der Waals surface area (Å²) in [6.45, 7) is 3.80. The monoisotopic (exact) mass is 208 g/mol. The predicted octanol–water partition coefficient (Wildman–Crippen LogP) is 1.93. The first-order chi connectivity index (χ1) is 6.70. The van der Waals surface area contributed by atoms with Gasteiger partial charge in [-0.15, -0.1) is 0 Å². The van der Waals surface area contributed by atoms with Crippen LogP contribution in [0, 0.1) is 13.8 Å². The molecular formula is C9H9ClN4. The molecule has 0 saturated carbocycles. The summed E-state index contributed by atoms with van der Waals surface area (Å²) in [6.07, 6.45) is 5.02. The van der Waals surface area contributed by atoms with Gasteiger partial charge in [-0.1, -0.05) is 11.6 Å². The molecule has 0 fully saturated rings. The van der Waals surface area contributed by atoms with Crippen LogP contribution in [0.25, 0.3) is 5.82 Å². The zero-order chi connectivity index (χ0) is 10.1. The fraction of sp³-hybridized carbons (Fsp3) is 0.222. The van der Waals surface area contributed by atoms with E-state index in [4.69, 9.17) is 11.6 Å². The number of hydrogen-bond acceptors (Lipinski definition) is 3. The molecule has 0 aromatic carbocycles. The SMILES string of the molecule is Cc1c(Cl)ncnc1-n1ccnc1C. The smallest absolute Gasteiger partial charge is 0.145 e. The third kappa shape index (κ3) is 1.37. The summed E-state index contributed by atoms with van der Waals surface area (Å²) in [6, 6.07) is 0. The lowest BCUT2D eigenvalue weighted by atomic mass is 10.3. The largest absolute Gasteiger partial charge is 0.288 e. The summed E-state index contributed by atoms with van der Waals surface area (Å²) in [7, 11) is 0. The molecule has 0 aliphatic carbocycles. The molecule has 0 aliphatic heterocycles. The molecular weight excluding hydrogens is 200 g/mol. The summed E-state index contributed by atoms with van der Waals surface area (Å²) in [4.78, 5) is 12.2. The van der Waals surface area contributed by atoms with Crippen molar-refractivity contribution in [1.29, 1.82) is 0 Å². The van der Waals surface area contributed by atoms with Crippen molar-refractivity contribution < 1.29 is 0 Å². The van der Waals surface area contributed by atoms with Gasteiger partial charge < -0.3 is 0 Å². The summed E-state index contributed by atoms with van der Waals surface area (Å²) in [5, 5.41) is 0.475. The standard InChI is InChI=1S/C9H9ClN4/c1-6-8(10)12-5-13-9(6)14-4-3-11-7(14)2/h3-5H,1-2H3. The Kier molecular flexibility index (Phi) is 2.21. The lowest BCUT2D eigenvalue weighted by Crippen LogP contribution is -2.02. The summed E-state index contributed by atoms with van der Waals surface area (Å²) in [5.41, 5.74) is 0.857. The van der Waals surface area contributed by atoms with Crippen LogP contribution in [0.1, 0.15) is 11.4 Å². The zero-order valence-electron chi connectivity index (χ0n) is 7.90. The van der Waals surface area contributed by atoms with Crippen molar-refractivity contribution >= 4 is 11.6 Å². The van der Waals surface area contributed by atoms with Crippen LogP contribution in [0.2, 0.25) is 5.15 Å². The van der Waals surface area contributed by atoms with E-state index in [9.17, 15) is 0 Å². The van der Waals surface area contributed by atoms with E-state index < -0.39 is 0 Å². The second-order valence-corrected chi connectivity index (χ2v) is 3.32. The molecule has 0 unspecified atom stereocenters. The van der Waals surface area contributed by atoms with Crippen molar-refractivity contribution in [3.05, 3.63) is 35.3 Å². The number of aromatic nitrogens is 4. The van der Waals surface area contributed by atoms with Gasteiger partial charge in [0.15, 0.2) is 0 Å². The van der Waals surface area contributed by atoms with Gasteiger partial charge in [-0.3, -0.25) is 4.57 Å². The molecule has 2 aromatic rings. The van der Waals surface area contributed by atoms with Crippen LogP contribution in [0.5, 0.6) is 0 Å². The van der Waals surface area contributed by atoms with Gasteiger partial charge in [0.1, 0.15) is 23.1 Å². The van der Waals surface area contributed by atoms with Crippen LogP contribution in [-0.4, -0.2) is 19.5 Å². The van der Waals surface area contributed by atoms with Crippen LogP contribution in [0.15, 0.2) is 18.7 Å². The third-order valence-corrected chi connectivity index (χ3v) is 2.43. The topological polar surface area (TPSA) is 43.6 Å². The lowest BCUT2D eigenvalue weighted by molar-refractivity contribution is 0.905. The number of rotatable bonds is 1. The maximum absolute atomic E-state index is 5.90. The van der Waals surface area contributed by atoms with E-state index in [0.29, 0.717) is 5.15 Å². The Morgan fingerprint density at radius 2 is 2.00 bits per heavy atom. The van der Waals surface area contributed by atoms with E-state index in [1.807, 2.05) is 24.6 Å². The molecule has 4 nitrogen and oxygen atoms in total. The van der Waals surface area contributed by atoms with Gasteiger partial charge >= 0.3 is 0 Å². The quantitative estimate of drug-likeness (QED) is 0.673. The van der Waals surface area contributed by atoms with E-state index in [1.165, 1.54) is 6.33 Å². The van der Waals surface area contributed by atoms with Gasteiger partial charge in [-0.2, -0.15) is 0 Å². The summed E-state index contributed by atoms with van der Waals surface area (Å²) >= 11 is 5.90. The van der Waals surface area contributed by atoms with Gasteiger partial charge in [-0.05, 0) is 13.8 Å². The van der Waals surface area contributed by atoms with Crippen molar-refractivity contribution in [2.45, 2.75) is 13.8 Å². The molecule has 0 atom stereocenters. The minimum absolute atomic E-state index is 0.475. The molecule has 0 saturated heterocycles. The van der Waals surface area contributed by atoms with Crippen LogP contribution in [0.4, 0.5) is 0 Å². The highest BCUT2D eigenvalue weighted by molar-refractivity contribution is 6.30. The van der Waals surface area contributed by atoms with E-state index in [1.54, 1.807) is 6.20 Å². The molecule has 0 N–H and O–H groups in total. The first-order valence-corrected chi connectivity index (χ1v) is 4.55. The van der Waals surface area contributed by atoms with Gasteiger partial charge in [0.2, 0.25) is 0 Å². The Labute approximate surface area is 86.6 Å². The number of hydrogen-bond donors (Lipinski definition) is 0. The maximum Gasteiger partial charge on any atom is 0.145 e. The summed E-state index contributed by atoms with van der Waals surface area (Å²) in [5.74, 6) is 1.66. The molecule has 72 valence electrons. The highest BCUT2D eigenvalue weighted by atomic mass is 35.5. The van der Waals surface area contributed by atoms with E-state index in [0.717, 1.165) is 17.2 Å². The number of imidazole rings is 1. The fourth-order valence-electron chi connectivity index (χ4n) is 1.26. The molecule has 5 heteroatoms. The van der Waals surface area contributed by atoms with E-state index in [2.05, 4.69) is 15.0 Å². The molecule has 0 spiro atoms. The van der Waals surface area contributed by atoms with Gasteiger partial charge in [0.05, 0.1) is 0 Å². The van der Waals surface area contributed by atoms with Crippen molar-refractivity contribution in [3.8, 4) is 5.82 Å². The zero-order valence-corrected chi connectivity index (χ0v) is 8.65. The number of nitrogens with zero attached hydrogens (tertiary/aromatic N) is 4. The Morgan fingerprint density at radius 3 is 2.64 bits per heavy atom. The first-order valence-electron chi connectivity index (χ1n) is 4.17. The first kappa shape index (κ1) is 9.15. The van der Waals surface area contributed by atoms with Crippen molar-refractivity contribution in [3.63, 3.8) is 0 Å². The second kappa shape index (κ2) is 3.38. The Hall–Kier alpha value is -1.42. The molecule has 2 heterocycles. The van der Waals surface area contributed by atoms with Crippen LogP contribution < -0.4 is 0 Å². The number of aryl methyl sites for hydroxylation is 1. The van der Waals surface area contributed by atoms with Crippen LogP contribution in [-0.2, 0) is 0 Å². The Bertz CT molecular complexity index is 464. The summed E-state index contributed by atoms with van der Waals surface area (Å²) < 4.78 is 1.88. The molecule has 2 rings (SSSR count). The molecule has 0 radical (unpaired) electrons.